The summed E-state index contributed by atoms with van der Waals surface area (Å²) in [6.07, 6.45) is -0.414. The van der Waals surface area contributed by atoms with Crippen molar-refractivity contribution < 1.29 is 33.8 Å². The number of anilines is 1. The van der Waals surface area contributed by atoms with Gasteiger partial charge in [0.15, 0.2) is 5.78 Å². The van der Waals surface area contributed by atoms with E-state index < -0.39 is 41.4 Å². The maximum absolute atomic E-state index is 13.3. The number of hydrogen-bond acceptors (Lipinski definition) is 9. The van der Waals surface area contributed by atoms with Crippen LogP contribution in [-0.4, -0.2) is 52.3 Å². The second-order valence-corrected chi connectivity index (χ2v) is 20.5. The Balaban J connectivity index is 0.000000249. The van der Waals surface area contributed by atoms with E-state index in [4.69, 9.17) is 20.3 Å². The lowest BCUT2D eigenvalue weighted by molar-refractivity contribution is -0.139. The van der Waals surface area contributed by atoms with E-state index in [9.17, 15) is 19.2 Å². The Morgan fingerprint density at radius 3 is 1.30 bits per heavy atom. The molecule has 2 amide bonds. The molecule has 6 rings (SSSR count). The van der Waals surface area contributed by atoms with Crippen molar-refractivity contribution in [2.24, 2.45) is 0 Å². The Labute approximate surface area is 417 Å². The van der Waals surface area contributed by atoms with E-state index in [0.29, 0.717) is 6.42 Å². The maximum Gasteiger partial charge on any atom is 0.408 e. The molecule has 0 unspecified atom stereocenters. The van der Waals surface area contributed by atoms with Crippen LogP contribution in [0.2, 0.25) is 0 Å². The van der Waals surface area contributed by atoms with Gasteiger partial charge in [-0.3, -0.25) is 4.79 Å². The number of aryl methyl sites for hydroxylation is 2. The normalized spacial score (nSPS) is 11.8. The predicted octanol–water partition coefficient (Wildman–Crippen LogP) is 12.6. The van der Waals surface area contributed by atoms with E-state index in [1.807, 2.05) is 123 Å². The van der Waals surface area contributed by atoms with Gasteiger partial charge in [-0.1, -0.05) is 127 Å². The van der Waals surface area contributed by atoms with Crippen LogP contribution in [0.4, 0.5) is 15.3 Å². The third-order valence-electron chi connectivity index (χ3n) is 10.1. The van der Waals surface area contributed by atoms with Crippen molar-refractivity contribution in [3.8, 4) is 0 Å². The van der Waals surface area contributed by atoms with Crippen LogP contribution in [0.1, 0.15) is 80.5 Å². The number of ether oxygens (including phenoxy) is 2. The summed E-state index contributed by atoms with van der Waals surface area (Å²) in [6, 6.07) is 50.4. The fraction of sp³-hybridized carbons (Fsp3) is 0.298. The number of ketones is 1. The summed E-state index contributed by atoms with van der Waals surface area (Å²) in [7, 11) is 0. The highest BCUT2D eigenvalue weighted by Gasteiger charge is 2.26. The molecular formula is C57H67N3O7S2. The quantitative estimate of drug-likeness (QED) is 0.0544. The van der Waals surface area contributed by atoms with Gasteiger partial charge in [-0.2, -0.15) is 0 Å². The fourth-order valence-corrected chi connectivity index (χ4v) is 8.43. The molecule has 0 saturated heterocycles. The molecular weight excluding hydrogens is 903 g/mol. The van der Waals surface area contributed by atoms with Crippen molar-refractivity contribution in [1.82, 2.24) is 10.6 Å². The lowest BCUT2D eigenvalue weighted by Crippen LogP contribution is -2.45. The Kier molecular flexibility index (Phi) is 21.9. The predicted molar refractivity (Wildman–Crippen MR) is 282 cm³/mol. The number of benzene rings is 6. The molecule has 6 aromatic rings. The lowest BCUT2D eigenvalue weighted by Gasteiger charge is -2.23. The molecule has 0 heterocycles. The number of carbonyl (C=O) groups is 4. The van der Waals surface area contributed by atoms with Crippen LogP contribution < -0.4 is 16.4 Å². The number of carboxylic acid groups (broad SMARTS) is 1. The van der Waals surface area contributed by atoms with Crippen LogP contribution in [0.5, 0.6) is 0 Å². The highest BCUT2D eigenvalue weighted by atomic mass is 32.2. The number of nitrogens with one attached hydrogen (secondary N) is 2. The first-order chi connectivity index (χ1) is 32.7. The first-order valence-electron chi connectivity index (χ1n) is 22.8. The highest BCUT2D eigenvalue weighted by molar-refractivity contribution is 7.98. The van der Waals surface area contributed by atoms with Gasteiger partial charge in [0.25, 0.3) is 0 Å². The molecule has 0 spiro atoms. The van der Waals surface area contributed by atoms with Crippen molar-refractivity contribution in [3.63, 3.8) is 0 Å². The summed E-state index contributed by atoms with van der Waals surface area (Å²) in [5, 5.41) is 14.3. The van der Waals surface area contributed by atoms with Gasteiger partial charge in [0.1, 0.15) is 17.2 Å². The lowest BCUT2D eigenvalue weighted by atomic mass is 9.96. The van der Waals surface area contributed by atoms with E-state index in [-0.39, 0.29) is 18.6 Å². The Morgan fingerprint density at radius 2 is 0.913 bits per heavy atom. The number of aliphatic carboxylic acids is 1. The summed E-state index contributed by atoms with van der Waals surface area (Å²) in [5.41, 5.74) is 13.0. The van der Waals surface area contributed by atoms with Gasteiger partial charge < -0.3 is 30.9 Å². The zero-order valence-electron chi connectivity index (χ0n) is 41.0. The molecule has 6 aromatic carbocycles. The molecule has 69 heavy (non-hydrogen) atoms. The van der Waals surface area contributed by atoms with Crippen molar-refractivity contribution in [2.75, 3.05) is 5.73 Å². The average molecular weight is 970 g/mol. The van der Waals surface area contributed by atoms with Crippen LogP contribution in [0.15, 0.2) is 168 Å². The minimum absolute atomic E-state index is 0.0394. The molecule has 5 N–H and O–H groups in total. The number of carboxylic acids is 1. The molecule has 0 bridgehead atoms. The second kappa shape index (κ2) is 27.5. The number of amides is 2. The topological polar surface area (TPSA) is 157 Å². The Hall–Kier alpha value is -6.50. The van der Waals surface area contributed by atoms with Crippen LogP contribution in [0.25, 0.3) is 0 Å². The third-order valence-corrected chi connectivity index (χ3v) is 12.2. The summed E-state index contributed by atoms with van der Waals surface area (Å²) < 4.78 is 10.4. The van der Waals surface area contributed by atoms with Gasteiger partial charge in [0, 0.05) is 39.8 Å². The van der Waals surface area contributed by atoms with E-state index >= 15 is 0 Å². The third kappa shape index (κ3) is 22.0. The van der Waals surface area contributed by atoms with Gasteiger partial charge in [0.05, 0.1) is 6.04 Å². The van der Waals surface area contributed by atoms with Gasteiger partial charge in [-0.15, -0.1) is 23.5 Å². The fourth-order valence-electron chi connectivity index (χ4n) is 6.53. The average Bonchev–Trinajstić information content (AvgIpc) is 3.29. The molecule has 0 saturated carbocycles. The SMILES string of the molecule is CC(C)(C)OC(=O)N[C@@H](Cc1ccccc1)C(=O)O.Cc1cc(SCc2ccccc2)ccc1CC(=O)[C@H](Cc1ccccc1)NC(=O)OC(C)(C)C.Cc1cc(SCc2ccccc2)ccc1N. The molecule has 10 nitrogen and oxygen atoms in total. The standard InChI is InChI=1S/C29H33NO3S.C14H19NO4.C14H15NS/c1-21-17-25(34-20-23-13-9-6-10-14-23)16-15-24(21)19-27(31)26(18-22-11-7-5-8-12-22)30-28(32)33-29(2,3)4;1-14(2,3)19-13(18)15-11(12(16)17)9-10-7-5-4-6-8-10;1-11-9-13(7-8-14(11)15)16-10-12-5-3-2-4-6-12/h5-17,26H,18-20H2,1-4H3,(H,30,32);4-8,11H,9H2,1-3H3,(H,15,18)(H,16,17);2-9H,10,15H2,1H3/t26-;11-;/m00./s1. The molecule has 0 aliphatic rings. The van der Waals surface area contributed by atoms with Crippen molar-refractivity contribution in [2.45, 2.75) is 119 Å². The number of carbonyl (C=O) groups excluding carboxylic acids is 3. The summed E-state index contributed by atoms with van der Waals surface area (Å²) in [5.74, 6) is 0.777. The van der Waals surface area contributed by atoms with Crippen LogP contribution in [-0.2, 0) is 49.8 Å². The molecule has 12 heteroatoms. The van der Waals surface area contributed by atoms with Gasteiger partial charge in [0.2, 0.25) is 0 Å². The zero-order chi connectivity index (χ0) is 50.4. The molecule has 0 radical (unpaired) electrons. The first kappa shape index (κ1) is 55.1. The van der Waals surface area contributed by atoms with Crippen molar-refractivity contribution >= 4 is 53.2 Å². The first-order valence-corrected chi connectivity index (χ1v) is 24.8. The number of hydrogen-bond donors (Lipinski definition) is 4. The van der Waals surface area contributed by atoms with Gasteiger partial charge >= 0.3 is 18.2 Å². The zero-order valence-corrected chi connectivity index (χ0v) is 42.6. The number of thioether (sulfide) groups is 2. The number of nitrogens with two attached hydrogens (primary N) is 1. The number of nitrogen functional groups attached to an aromatic ring is 1. The smallest absolute Gasteiger partial charge is 0.408 e. The molecule has 0 fully saturated rings. The minimum atomic E-state index is -1.09. The van der Waals surface area contributed by atoms with Gasteiger partial charge in [-0.05, 0) is 131 Å². The number of Topliss-reactive ketones (excluding diaryl/α,β-unsaturated/α-hetero) is 1. The van der Waals surface area contributed by atoms with Crippen LogP contribution in [0.3, 0.4) is 0 Å². The maximum atomic E-state index is 13.3. The Morgan fingerprint density at radius 1 is 0.536 bits per heavy atom. The van der Waals surface area contributed by atoms with Gasteiger partial charge in [-0.25, -0.2) is 14.4 Å². The Bertz CT molecular complexity index is 2530. The summed E-state index contributed by atoms with van der Waals surface area (Å²) in [4.78, 5) is 50.9. The monoisotopic (exact) mass is 969 g/mol. The van der Waals surface area contributed by atoms with Crippen molar-refractivity contribution in [1.29, 1.82) is 0 Å². The van der Waals surface area contributed by atoms with E-state index in [2.05, 4.69) is 71.3 Å². The second-order valence-electron chi connectivity index (χ2n) is 18.4. The molecule has 0 aliphatic heterocycles. The molecule has 2 atom stereocenters. The highest BCUT2D eigenvalue weighted by Crippen LogP contribution is 2.27. The summed E-state index contributed by atoms with van der Waals surface area (Å²) >= 11 is 3.62. The molecule has 364 valence electrons. The minimum Gasteiger partial charge on any atom is -0.480 e. The van der Waals surface area contributed by atoms with E-state index in [0.717, 1.165) is 45.0 Å². The van der Waals surface area contributed by atoms with Crippen molar-refractivity contribution in [3.05, 3.63) is 197 Å². The number of alkyl carbamates (subject to hydrolysis) is 2. The van der Waals surface area contributed by atoms with Crippen LogP contribution in [0, 0.1) is 13.8 Å². The van der Waals surface area contributed by atoms with E-state index in [1.165, 1.54) is 20.9 Å². The largest absolute Gasteiger partial charge is 0.480 e. The van der Waals surface area contributed by atoms with E-state index in [1.54, 1.807) is 53.3 Å². The van der Waals surface area contributed by atoms with Crippen LogP contribution >= 0.6 is 23.5 Å². The molecule has 0 aliphatic carbocycles. The number of rotatable bonds is 16. The summed E-state index contributed by atoms with van der Waals surface area (Å²) in [6.45, 7) is 14.7. The molecule has 0 aromatic heterocycles.